The van der Waals surface area contributed by atoms with Gasteiger partial charge < -0.3 is 5.11 Å². The Kier molecular flexibility index (Phi) is 3.90. The molecular formula is C10H12N2O3S. The molecule has 0 aliphatic rings. The maximum atomic E-state index is 10.8. The SMILES string of the molecule is Cc1ccc(NS(N)(=O)=O)cc1C#CCO. The third-order valence-corrected chi connectivity index (χ3v) is 2.32. The van der Waals surface area contributed by atoms with Crippen LogP contribution >= 0.6 is 0 Å². The number of hydrogen-bond acceptors (Lipinski definition) is 3. The molecule has 0 aliphatic heterocycles. The molecular weight excluding hydrogens is 228 g/mol. The second kappa shape index (κ2) is 4.99. The van der Waals surface area contributed by atoms with Gasteiger partial charge in [0.25, 0.3) is 10.2 Å². The van der Waals surface area contributed by atoms with Crippen LogP contribution < -0.4 is 9.86 Å². The third-order valence-electron chi connectivity index (χ3n) is 1.80. The van der Waals surface area contributed by atoms with Gasteiger partial charge in [0.2, 0.25) is 0 Å². The zero-order valence-corrected chi connectivity index (χ0v) is 9.50. The van der Waals surface area contributed by atoms with Crippen molar-refractivity contribution < 1.29 is 13.5 Å². The van der Waals surface area contributed by atoms with Crippen molar-refractivity contribution in [2.24, 2.45) is 5.14 Å². The normalized spacial score (nSPS) is 10.4. The molecule has 0 bridgehead atoms. The second-order valence-corrected chi connectivity index (χ2v) is 4.43. The zero-order chi connectivity index (χ0) is 12.2. The fourth-order valence-electron chi connectivity index (χ4n) is 1.12. The Morgan fingerprint density at radius 1 is 1.50 bits per heavy atom. The van der Waals surface area contributed by atoms with Crippen LogP contribution in [-0.2, 0) is 10.2 Å². The second-order valence-electron chi connectivity index (χ2n) is 3.14. The molecule has 0 fully saturated rings. The molecule has 0 saturated carbocycles. The minimum atomic E-state index is -3.77. The van der Waals surface area contributed by atoms with Crippen LogP contribution in [0.15, 0.2) is 18.2 Å². The average molecular weight is 240 g/mol. The Morgan fingerprint density at radius 3 is 2.75 bits per heavy atom. The van der Waals surface area contributed by atoms with Crippen LogP contribution in [0.1, 0.15) is 11.1 Å². The lowest BCUT2D eigenvalue weighted by molar-refractivity contribution is 0.350. The number of aryl methyl sites for hydroxylation is 1. The summed E-state index contributed by atoms with van der Waals surface area (Å²) in [6, 6.07) is 4.86. The number of anilines is 1. The lowest BCUT2D eigenvalue weighted by atomic mass is 10.1. The minimum absolute atomic E-state index is 0.244. The lowest BCUT2D eigenvalue weighted by Crippen LogP contribution is -2.21. The summed E-state index contributed by atoms with van der Waals surface area (Å²) in [5, 5.41) is 13.4. The predicted octanol–water partition coefficient (Wildman–Crippen LogP) is -0.0458. The standard InChI is InChI=1S/C10H12N2O3S/c1-8-4-5-10(12-16(11,14)15)7-9(8)3-2-6-13/h4-5,7,12-13H,6H2,1H3,(H2,11,14,15). The molecule has 0 aliphatic carbocycles. The Balaban J connectivity index is 3.07. The fourth-order valence-corrected chi connectivity index (χ4v) is 1.57. The highest BCUT2D eigenvalue weighted by atomic mass is 32.2. The summed E-state index contributed by atoms with van der Waals surface area (Å²) in [5.41, 5.74) is 1.87. The lowest BCUT2D eigenvalue weighted by Gasteiger charge is -2.05. The van der Waals surface area contributed by atoms with Gasteiger partial charge in [-0.25, -0.2) is 5.14 Å². The molecule has 0 unspecified atom stereocenters. The van der Waals surface area contributed by atoms with E-state index in [4.69, 9.17) is 10.2 Å². The Bertz CT molecular complexity index is 541. The monoisotopic (exact) mass is 240 g/mol. The summed E-state index contributed by atoms with van der Waals surface area (Å²) in [6.45, 7) is 1.59. The van der Waals surface area contributed by atoms with Gasteiger partial charge >= 0.3 is 0 Å². The van der Waals surface area contributed by atoms with E-state index in [1.54, 1.807) is 18.2 Å². The molecule has 1 aromatic rings. The molecule has 6 heteroatoms. The molecule has 5 nitrogen and oxygen atoms in total. The van der Waals surface area contributed by atoms with Gasteiger partial charge in [0, 0.05) is 5.56 Å². The zero-order valence-electron chi connectivity index (χ0n) is 8.69. The summed E-state index contributed by atoms with van der Waals surface area (Å²) in [7, 11) is -3.77. The van der Waals surface area contributed by atoms with E-state index in [1.807, 2.05) is 6.92 Å². The number of aliphatic hydroxyl groups excluding tert-OH is 1. The summed E-state index contributed by atoms with van der Waals surface area (Å²) < 4.78 is 23.7. The number of hydrogen-bond donors (Lipinski definition) is 3. The van der Waals surface area contributed by atoms with E-state index in [2.05, 4.69) is 16.6 Å². The van der Waals surface area contributed by atoms with Gasteiger partial charge in [-0.05, 0) is 24.6 Å². The number of rotatable bonds is 2. The van der Waals surface area contributed by atoms with E-state index in [9.17, 15) is 8.42 Å². The summed E-state index contributed by atoms with van der Waals surface area (Å²) >= 11 is 0. The smallest absolute Gasteiger partial charge is 0.296 e. The van der Waals surface area contributed by atoms with Gasteiger partial charge in [0.1, 0.15) is 6.61 Å². The molecule has 0 spiro atoms. The van der Waals surface area contributed by atoms with Crippen LogP contribution in [0.5, 0.6) is 0 Å². The molecule has 0 saturated heterocycles. The number of aliphatic hydroxyl groups is 1. The molecule has 0 heterocycles. The van der Waals surface area contributed by atoms with E-state index in [1.165, 1.54) is 0 Å². The summed E-state index contributed by atoms with van der Waals surface area (Å²) in [4.78, 5) is 0. The van der Waals surface area contributed by atoms with E-state index in [0.717, 1.165) is 5.56 Å². The molecule has 0 amide bonds. The molecule has 1 aromatic carbocycles. The first-order valence-electron chi connectivity index (χ1n) is 4.43. The van der Waals surface area contributed by atoms with Gasteiger partial charge in [-0.1, -0.05) is 17.9 Å². The van der Waals surface area contributed by atoms with Crippen LogP contribution in [0.4, 0.5) is 5.69 Å². The van der Waals surface area contributed by atoms with Crippen molar-refractivity contribution in [3.8, 4) is 11.8 Å². The van der Waals surface area contributed by atoms with Crippen molar-refractivity contribution in [1.82, 2.24) is 0 Å². The minimum Gasteiger partial charge on any atom is -0.384 e. The van der Waals surface area contributed by atoms with Crippen molar-refractivity contribution in [3.05, 3.63) is 29.3 Å². The van der Waals surface area contributed by atoms with Gasteiger partial charge in [0.05, 0.1) is 5.69 Å². The van der Waals surface area contributed by atoms with Crippen LogP contribution in [0, 0.1) is 18.8 Å². The maximum Gasteiger partial charge on any atom is 0.296 e. The first-order valence-corrected chi connectivity index (χ1v) is 5.98. The maximum absolute atomic E-state index is 10.8. The van der Waals surface area contributed by atoms with E-state index < -0.39 is 10.2 Å². The van der Waals surface area contributed by atoms with E-state index in [0.29, 0.717) is 11.3 Å². The Morgan fingerprint density at radius 2 is 2.19 bits per heavy atom. The topological polar surface area (TPSA) is 92.4 Å². The van der Waals surface area contributed by atoms with Crippen LogP contribution in [-0.4, -0.2) is 20.1 Å². The van der Waals surface area contributed by atoms with E-state index in [-0.39, 0.29) is 6.61 Å². The largest absolute Gasteiger partial charge is 0.384 e. The molecule has 0 aromatic heterocycles. The van der Waals surface area contributed by atoms with Crippen molar-refractivity contribution in [1.29, 1.82) is 0 Å². The van der Waals surface area contributed by atoms with Gasteiger partial charge in [-0.2, -0.15) is 8.42 Å². The van der Waals surface area contributed by atoms with Crippen molar-refractivity contribution in [2.45, 2.75) is 6.92 Å². The molecule has 16 heavy (non-hydrogen) atoms. The fraction of sp³-hybridized carbons (Fsp3) is 0.200. The quantitative estimate of drug-likeness (QED) is 0.633. The molecule has 4 N–H and O–H groups in total. The number of nitrogens with one attached hydrogen (secondary N) is 1. The Labute approximate surface area is 94.5 Å². The first-order chi connectivity index (χ1) is 7.42. The highest BCUT2D eigenvalue weighted by Crippen LogP contribution is 2.14. The van der Waals surface area contributed by atoms with Crippen LogP contribution in [0.3, 0.4) is 0 Å². The Hall–Kier alpha value is -1.55. The van der Waals surface area contributed by atoms with Crippen LogP contribution in [0.2, 0.25) is 0 Å². The molecule has 86 valence electrons. The number of nitrogens with two attached hydrogens (primary N) is 1. The molecule has 0 radical (unpaired) electrons. The van der Waals surface area contributed by atoms with E-state index >= 15 is 0 Å². The van der Waals surface area contributed by atoms with Crippen LogP contribution in [0.25, 0.3) is 0 Å². The summed E-state index contributed by atoms with van der Waals surface area (Å²) in [5.74, 6) is 5.21. The van der Waals surface area contributed by atoms with Crippen molar-refractivity contribution >= 4 is 15.9 Å². The highest BCUT2D eigenvalue weighted by Gasteiger charge is 2.03. The van der Waals surface area contributed by atoms with Crippen molar-refractivity contribution in [3.63, 3.8) is 0 Å². The molecule has 1 rings (SSSR count). The molecule has 0 atom stereocenters. The number of benzene rings is 1. The highest BCUT2D eigenvalue weighted by molar-refractivity contribution is 7.90. The first kappa shape index (κ1) is 12.5. The van der Waals surface area contributed by atoms with Crippen molar-refractivity contribution in [2.75, 3.05) is 11.3 Å². The van der Waals surface area contributed by atoms with Gasteiger partial charge in [0.15, 0.2) is 0 Å². The average Bonchev–Trinajstić information content (AvgIpc) is 2.17. The third kappa shape index (κ3) is 3.90. The predicted molar refractivity (Wildman–Crippen MR) is 61.9 cm³/mol. The van der Waals surface area contributed by atoms with Gasteiger partial charge in [-0.15, -0.1) is 0 Å². The van der Waals surface area contributed by atoms with Gasteiger partial charge in [-0.3, -0.25) is 4.72 Å². The summed E-state index contributed by atoms with van der Waals surface area (Å²) in [6.07, 6.45) is 0.